The van der Waals surface area contributed by atoms with Gasteiger partial charge in [-0.3, -0.25) is 0 Å². The van der Waals surface area contributed by atoms with Gasteiger partial charge in [-0.05, 0) is 13.0 Å². The molecule has 0 atom stereocenters. The number of aryl methyl sites for hydroxylation is 1. The monoisotopic (exact) mass is 343 g/mol. The first-order chi connectivity index (χ1) is 11.4. The lowest BCUT2D eigenvalue weighted by Gasteiger charge is -2.09. The van der Waals surface area contributed by atoms with Gasteiger partial charge in [0.1, 0.15) is 12.4 Å². The maximum atomic E-state index is 12.0. The summed E-state index contributed by atoms with van der Waals surface area (Å²) in [6.45, 7) is 1.03. The first-order valence-electron chi connectivity index (χ1n) is 6.95. The highest BCUT2D eigenvalue weighted by molar-refractivity contribution is 5.36. The molecule has 10 heteroatoms. The van der Waals surface area contributed by atoms with Crippen LogP contribution in [0.15, 0.2) is 18.2 Å². The molecular formula is C14H16F3N5O2. The van der Waals surface area contributed by atoms with Crippen LogP contribution in [-0.2, 0) is 17.9 Å². The lowest BCUT2D eigenvalue weighted by atomic mass is 10.3. The van der Waals surface area contributed by atoms with Gasteiger partial charge in [0.25, 0.3) is 0 Å². The number of anilines is 1. The molecule has 0 saturated carbocycles. The normalized spacial score (nSPS) is 11.4. The summed E-state index contributed by atoms with van der Waals surface area (Å²) in [4.78, 5) is 8.49. The van der Waals surface area contributed by atoms with E-state index in [4.69, 9.17) is 4.74 Å². The van der Waals surface area contributed by atoms with E-state index >= 15 is 0 Å². The summed E-state index contributed by atoms with van der Waals surface area (Å²) in [5, 5.41) is 10.4. The molecule has 0 aliphatic carbocycles. The van der Waals surface area contributed by atoms with E-state index in [1.54, 1.807) is 13.2 Å². The van der Waals surface area contributed by atoms with Crippen molar-refractivity contribution < 1.29 is 22.6 Å². The fraction of sp³-hybridized carbons (Fsp3) is 0.429. The number of alkyl halides is 3. The van der Waals surface area contributed by atoms with E-state index in [1.807, 2.05) is 6.92 Å². The van der Waals surface area contributed by atoms with E-state index in [1.165, 1.54) is 12.1 Å². The van der Waals surface area contributed by atoms with Crippen LogP contribution in [-0.4, -0.2) is 40.1 Å². The molecule has 0 aromatic carbocycles. The molecule has 0 bridgehead atoms. The van der Waals surface area contributed by atoms with Crippen molar-refractivity contribution in [3.05, 3.63) is 35.4 Å². The molecule has 0 spiro atoms. The maximum Gasteiger partial charge on any atom is 0.422 e. The van der Waals surface area contributed by atoms with E-state index in [2.05, 4.69) is 30.2 Å². The standard InChI is InChI=1S/C14H16F3N5O2/c1-9-5-11(20-12(19-9)7-23-2)18-6-10-3-4-13(22-21-10)24-8-14(15,16)17/h3-5H,6-8H2,1-2H3,(H,18,19,20). The summed E-state index contributed by atoms with van der Waals surface area (Å²) >= 11 is 0. The Bertz CT molecular complexity index is 664. The second-order valence-electron chi connectivity index (χ2n) is 4.86. The van der Waals surface area contributed by atoms with Gasteiger partial charge >= 0.3 is 6.18 Å². The van der Waals surface area contributed by atoms with Gasteiger partial charge in [0.2, 0.25) is 5.88 Å². The van der Waals surface area contributed by atoms with Crippen molar-refractivity contribution in [1.29, 1.82) is 0 Å². The van der Waals surface area contributed by atoms with Crippen molar-refractivity contribution in [2.75, 3.05) is 19.0 Å². The average molecular weight is 343 g/mol. The lowest BCUT2D eigenvalue weighted by molar-refractivity contribution is -0.154. The summed E-state index contributed by atoms with van der Waals surface area (Å²) in [5.74, 6) is 0.951. The largest absolute Gasteiger partial charge is 0.467 e. The van der Waals surface area contributed by atoms with Gasteiger partial charge in [0.15, 0.2) is 12.4 Å². The zero-order chi connectivity index (χ0) is 17.6. The Hall–Kier alpha value is -2.49. The van der Waals surface area contributed by atoms with Gasteiger partial charge in [0, 0.05) is 24.9 Å². The van der Waals surface area contributed by atoms with Gasteiger partial charge in [-0.1, -0.05) is 0 Å². The summed E-state index contributed by atoms with van der Waals surface area (Å²) < 4.78 is 45.6. The Kier molecular flexibility index (Phi) is 5.85. The van der Waals surface area contributed by atoms with Crippen LogP contribution in [0.4, 0.5) is 19.0 Å². The number of nitrogens with zero attached hydrogens (tertiary/aromatic N) is 4. The third-order valence-corrected chi connectivity index (χ3v) is 2.70. The molecule has 2 heterocycles. The van der Waals surface area contributed by atoms with E-state index < -0.39 is 12.8 Å². The molecule has 130 valence electrons. The van der Waals surface area contributed by atoms with Gasteiger partial charge in [-0.25, -0.2) is 9.97 Å². The van der Waals surface area contributed by atoms with Crippen LogP contribution in [0.5, 0.6) is 5.88 Å². The molecule has 2 aromatic heterocycles. The molecule has 0 aliphatic rings. The number of hydrogen-bond donors (Lipinski definition) is 1. The van der Waals surface area contributed by atoms with E-state index in [9.17, 15) is 13.2 Å². The molecule has 0 unspecified atom stereocenters. The van der Waals surface area contributed by atoms with Crippen LogP contribution in [0.2, 0.25) is 0 Å². The van der Waals surface area contributed by atoms with E-state index in [-0.39, 0.29) is 5.88 Å². The SMILES string of the molecule is COCc1nc(C)cc(NCc2ccc(OCC(F)(F)F)nn2)n1. The zero-order valence-corrected chi connectivity index (χ0v) is 13.1. The van der Waals surface area contributed by atoms with Crippen LogP contribution in [0.25, 0.3) is 0 Å². The Morgan fingerprint density at radius 3 is 2.58 bits per heavy atom. The maximum absolute atomic E-state index is 12.0. The minimum absolute atomic E-state index is 0.184. The van der Waals surface area contributed by atoms with Gasteiger partial charge < -0.3 is 14.8 Å². The highest BCUT2D eigenvalue weighted by atomic mass is 19.4. The number of ether oxygens (including phenoxy) is 2. The average Bonchev–Trinajstić information content (AvgIpc) is 2.51. The second-order valence-corrected chi connectivity index (χ2v) is 4.86. The van der Waals surface area contributed by atoms with E-state index in [0.717, 1.165) is 5.69 Å². The first kappa shape index (κ1) is 17.9. The minimum atomic E-state index is -4.41. The third-order valence-electron chi connectivity index (χ3n) is 2.70. The Balaban J connectivity index is 1.92. The van der Waals surface area contributed by atoms with Crippen LogP contribution >= 0.6 is 0 Å². The van der Waals surface area contributed by atoms with E-state index in [0.29, 0.717) is 30.5 Å². The number of rotatable bonds is 7. The number of nitrogens with one attached hydrogen (secondary N) is 1. The summed E-state index contributed by atoms with van der Waals surface area (Å²) in [7, 11) is 1.55. The minimum Gasteiger partial charge on any atom is -0.467 e. The Labute approximate surface area is 136 Å². The number of halogens is 3. The lowest BCUT2D eigenvalue weighted by Crippen LogP contribution is -2.19. The van der Waals surface area contributed by atoms with Gasteiger partial charge in [0.05, 0.1) is 12.2 Å². The summed E-state index contributed by atoms with van der Waals surface area (Å²) in [6, 6.07) is 4.61. The number of methoxy groups -OCH3 is 1. The van der Waals surface area contributed by atoms with Crippen molar-refractivity contribution in [2.24, 2.45) is 0 Å². The highest BCUT2D eigenvalue weighted by Crippen LogP contribution is 2.16. The molecule has 0 aliphatic heterocycles. The van der Waals surface area contributed by atoms with Crippen LogP contribution in [0.3, 0.4) is 0 Å². The van der Waals surface area contributed by atoms with Gasteiger partial charge in [-0.15, -0.1) is 5.10 Å². The molecule has 24 heavy (non-hydrogen) atoms. The van der Waals surface area contributed by atoms with Crippen LogP contribution in [0.1, 0.15) is 17.2 Å². The van der Waals surface area contributed by atoms with Crippen molar-refractivity contribution in [2.45, 2.75) is 26.3 Å². The first-order valence-corrected chi connectivity index (χ1v) is 6.95. The van der Waals surface area contributed by atoms with Gasteiger partial charge in [-0.2, -0.15) is 18.3 Å². The molecule has 7 nitrogen and oxygen atoms in total. The molecule has 0 fully saturated rings. The Morgan fingerprint density at radius 2 is 1.96 bits per heavy atom. The molecular weight excluding hydrogens is 327 g/mol. The number of hydrogen-bond acceptors (Lipinski definition) is 7. The quantitative estimate of drug-likeness (QED) is 0.826. The number of aromatic nitrogens is 4. The van der Waals surface area contributed by atoms with Crippen molar-refractivity contribution in [3.8, 4) is 5.88 Å². The smallest absolute Gasteiger partial charge is 0.422 e. The van der Waals surface area contributed by atoms with Crippen molar-refractivity contribution >= 4 is 5.82 Å². The van der Waals surface area contributed by atoms with Crippen molar-refractivity contribution in [1.82, 2.24) is 20.2 Å². The predicted octanol–water partition coefficient (Wildman–Crippen LogP) is 2.27. The topological polar surface area (TPSA) is 82.0 Å². The van der Waals surface area contributed by atoms with Crippen molar-refractivity contribution in [3.63, 3.8) is 0 Å². The molecule has 0 saturated heterocycles. The molecule has 2 aromatic rings. The van der Waals surface area contributed by atoms with Crippen LogP contribution in [0, 0.1) is 6.92 Å². The Morgan fingerprint density at radius 1 is 1.17 bits per heavy atom. The fourth-order valence-corrected chi connectivity index (χ4v) is 1.77. The zero-order valence-electron chi connectivity index (χ0n) is 13.1. The molecule has 0 radical (unpaired) electrons. The summed E-state index contributed by atoms with van der Waals surface area (Å²) in [5.41, 5.74) is 1.31. The molecule has 1 N–H and O–H groups in total. The fourth-order valence-electron chi connectivity index (χ4n) is 1.77. The molecule has 0 amide bonds. The second kappa shape index (κ2) is 7.86. The van der Waals surface area contributed by atoms with Crippen LogP contribution < -0.4 is 10.1 Å². The molecule has 2 rings (SSSR count). The summed E-state index contributed by atoms with van der Waals surface area (Å²) in [6.07, 6.45) is -4.41. The third kappa shape index (κ3) is 5.95. The predicted molar refractivity (Wildman–Crippen MR) is 78.4 cm³/mol. The highest BCUT2D eigenvalue weighted by Gasteiger charge is 2.28.